The molecule has 0 spiro atoms. The van der Waals surface area contributed by atoms with E-state index < -0.39 is 6.04 Å². The second-order valence-corrected chi connectivity index (χ2v) is 12.6. The molecule has 4 rings (SSSR count). The molecule has 3 N–H and O–H groups in total. The van der Waals surface area contributed by atoms with Crippen molar-refractivity contribution in [3.05, 3.63) is 64.1 Å². The zero-order chi connectivity index (χ0) is 30.1. The summed E-state index contributed by atoms with van der Waals surface area (Å²) in [5.41, 5.74) is 1.84. The lowest BCUT2D eigenvalue weighted by molar-refractivity contribution is -0.129. The van der Waals surface area contributed by atoms with E-state index in [2.05, 4.69) is 37.8 Å². The lowest BCUT2D eigenvalue weighted by Crippen LogP contribution is -2.54. The summed E-state index contributed by atoms with van der Waals surface area (Å²) >= 11 is 7.60. The number of carbonyl (C=O) groups excluding carboxylic acids is 3. The number of carbonyl (C=O) groups is 3. The number of rotatable bonds is 13. The van der Waals surface area contributed by atoms with Crippen LogP contribution in [0.2, 0.25) is 5.02 Å². The maximum Gasteiger partial charge on any atom is 0.243 e. The van der Waals surface area contributed by atoms with Gasteiger partial charge in [0.1, 0.15) is 6.04 Å². The van der Waals surface area contributed by atoms with Gasteiger partial charge in [-0.25, -0.2) is 4.98 Å². The number of benzene rings is 2. The number of likely N-dealkylation sites (N-methyl/N-ethyl adjacent to an activating group) is 1. The van der Waals surface area contributed by atoms with Crippen LogP contribution < -0.4 is 16.0 Å². The number of aromatic nitrogens is 1. The third kappa shape index (κ3) is 9.49. The molecular formula is C31H41ClN6O3S. The Kier molecular flexibility index (Phi) is 11.7. The Morgan fingerprint density at radius 1 is 1.00 bits per heavy atom. The highest BCUT2D eigenvalue weighted by molar-refractivity contribution is 7.18. The molecule has 1 aromatic heterocycles. The third-order valence-electron chi connectivity index (χ3n) is 7.52. The molecule has 0 radical (unpaired) electrons. The maximum atomic E-state index is 13.6. The quantitative estimate of drug-likeness (QED) is 0.274. The molecule has 3 atom stereocenters. The Morgan fingerprint density at radius 2 is 1.74 bits per heavy atom. The minimum atomic E-state index is -0.807. The first-order valence-corrected chi connectivity index (χ1v) is 15.8. The Hall–Kier alpha value is -3.05. The van der Waals surface area contributed by atoms with Crippen LogP contribution in [0.4, 0.5) is 0 Å². The molecule has 1 fully saturated rings. The van der Waals surface area contributed by atoms with Crippen LogP contribution in [0.15, 0.2) is 48.5 Å². The third-order valence-corrected chi connectivity index (χ3v) is 8.79. The highest BCUT2D eigenvalue weighted by atomic mass is 35.5. The summed E-state index contributed by atoms with van der Waals surface area (Å²) in [6.07, 6.45) is 1.04. The number of hydrogen-bond donors (Lipinski definition) is 3. The van der Waals surface area contributed by atoms with Gasteiger partial charge in [-0.15, -0.1) is 11.3 Å². The number of nitrogens with zero attached hydrogens (tertiary/aromatic N) is 3. The van der Waals surface area contributed by atoms with Crippen LogP contribution in [-0.4, -0.2) is 90.9 Å². The summed E-state index contributed by atoms with van der Waals surface area (Å²) in [4.78, 5) is 48.4. The molecule has 226 valence electrons. The average molecular weight is 613 g/mol. The van der Waals surface area contributed by atoms with Crippen molar-refractivity contribution in [2.75, 3.05) is 46.3 Å². The maximum absolute atomic E-state index is 13.6. The molecular weight excluding hydrogens is 572 g/mol. The first-order chi connectivity index (χ1) is 20.2. The molecule has 2 heterocycles. The van der Waals surface area contributed by atoms with Gasteiger partial charge in [0, 0.05) is 63.1 Å². The van der Waals surface area contributed by atoms with E-state index in [4.69, 9.17) is 11.6 Å². The standard InChI is InChI=1S/C31H41ClN6O3S/c1-4-28(39)35-26(18-29-36-25-11-10-23(32)17-27(25)42-29)31(41)34-24(16-22-8-6-5-7-9-22)19-33-30(40)21(2)20-38-14-12-37(3)13-15-38/h5-11,17,21,24,26H,4,12-16,18-20H2,1-3H3,(H,33,40)(H,34,41)(H,35,39)/t21?,24-,26-/m0/s1. The SMILES string of the molecule is CCC(=O)N[C@@H](Cc1nc2ccc(Cl)cc2s1)C(=O)N[C@H](CNC(=O)C(C)CN1CCN(C)CC1)Cc1ccccc1. The molecule has 1 unspecified atom stereocenters. The number of piperazine rings is 1. The molecule has 2 aromatic carbocycles. The van der Waals surface area contributed by atoms with E-state index in [1.807, 2.05) is 49.4 Å². The molecule has 0 aliphatic carbocycles. The molecule has 11 heteroatoms. The zero-order valence-corrected chi connectivity index (χ0v) is 26.1. The van der Waals surface area contributed by atoms with Gasteiger partial charge in [0.05, 0.1) is 21.3 Å². The Bertz CT molecular complexity index is 1340. The van der Waals surface area contributed by atoms with E-state index in [1.165, 1.54) is 11.3 Å². The molecule has 9 nitrogen and oxygen atoms in total. The first kappa shape index (κ1) is 31.9. The summed E-state index contributed by atoms with van der Waals surface area (Å²) < 4.78 is 0.925. The highest BCUT2D eigenvalue weighted by Gasteiger charge is 2.26. The summed E-state index contributed by atoms with van der Waals surface area (Å²) in [5.74, 6) is -0.740. The highest BCUT2D eigenvalue weighted by Crippen LogP contribution is 2.26. The average Bonchev–Trinajstić information content (AvgIpc) is 3.38. The van der Waals surface area contributed by atoms with Gasteiger partial charge in [-0.2, -0.15) is 0 Å². The number of halogens is 1. The number of amides is 3. The van der Waals surface area contributed by atoms with Gasteiger partial charge in [-0.1, -0.05) is 55.8 Å². The summed E-state index contributed by atoms with van der Waals surface area (Å²) in [5, 5.41) is 10.4. The number of hydrogen-bond acceptors (Lipinski definition) is 7. The molecule has 0 saturated carbocycles. The summed E-state index contributed by atoms with van der Waals surface area (Å²) in [6.45, 7) is 8.58. The topological polar surface area (TPSA) is 107 Å². The van der Waals surface area contributed by atoms with E-state index in [0.29, 0.717) is 18.0 Å². The summed E-state index contributed by atoms with van der Waals surface area (Å²) in [7, 11) is 2.11. The number of fused-ring (bicyclic) bond motifs is 1. The smallest absolute Gasteiger partial charge is 0.243 e. The van der Waals surface area contributed by atoms with Crippen molar-refractivity contribution in [2.45, 2.75) is 45.2 Å². The largest absolute Gasteiger partial charge is 0.354 e. The van der Waals surface area contributed by atoms with Gasteiger partial charge in [0.25, 0.3) is 0 Å². The minimum Gasteiger partial charge on any atom is -0.354 e. The molecule has 1 aliphatic rings. The van der Waals surface area contributed by atoms with Gasteiger partial charge < -0.3 is 25.8 Å². The predicted molar refractivity (Wildman–Crippen MR) is 169 cm³/mol. The van der Waals surface area contributed by atoms with Crippen molar-refractivity contribution in [1.82, 2.24) is 30.7 Å². The fraction of sp³-hybridized carbons (Fsp3) is 0.484. The van der Waals surface area contributed by atoms with E-state index in [-0.39, 0.29) is 49.1 Å². The van der Waals surface area contributed by atoms with Crippen LogP contribution in [-0.2, 0) is 27.2 Å². The molecule has 42 heavy (non-hydrogen) atoms. The van der Waals surface area contributed by atoms with Gasteiger partial charge in [-0.05, 0) is 37.2 Å². The molecule has 1 saturated heterocycles. The second kappa shape index (κ2) is 15.4. The normalized spacial score (nSPS) is 16.5. The van der Waals surface area contributed by atoms with Crippen LogP contribution >= 0.6 is 22.9 Å². The number of nitrogens with one attached hydrogen (secondary N) is 3. The minimum absolute atomic E-state index is 0.0368. The second-order valence-electron chi connectivity index (χ2n) is 11.0. The van der Waals surface area contributed by atoms with Crippen molar-refractivity contribution < 1.29 is 14.4 Å². The van der Waals surface area contributed by atoms with Crippen molar-refractivity contribution in [3.63, 3.8) is 0 Å². The number of thiazole rings is 1. The van der Waals surface area contributed by atoms with Crippen molar-refractivity contribution >= 4 is 50.9 Å². The molecule has 3 amide bonds. The van der Waals surface area contributed by atoms with Crippen LogP contribution in [0.3, 0.4) is 0 Å². The Morgan fingerprint density at radius 3 is 2.45 bits per heavy atom. The van der Waals surface area contributed by atoms with Crippen LogP contribution in [0.5, 0.6) is 0 Å². The van der Waals surface area contributed by atoms with E-state index in [1.54, 1.807) is 13.0 Å². The lowest BCUT2D eigenvalue weighted by atomic mass is 10.0. The van der Waals surface area contributed by atoms with Crippen molar-refractivity contribution in [1.29, 1.82) is 0 Å². The monoisotopic (exact) mass is 612 g/mol. The van der Waals surface area contributed by atoms with Gasteiger partial charge >= 0.3 is 0 Å². The van der Waals surface area contributed by atoms with Crippen LogP contribution in [0.1, 0.15) is 30.8 Å². The lowest BCUT2D eigenvalue weighted by Gasteiger charge is -2.33. The molecule has 3 aromatic rings. The van der Waals surface area contributed by atoms with Gasteiger partial charge in [-0.3, -0.25) is 14.4 Å². The molecule has 1 aliphatic heterocycles. The van der Waals surface area contributed by atoms with Crippen LogP contribution in [0.25, 0.3) is 10.2 Å². The van der Waals surface area contributed by atoms with Crippen LogP contribution in [0, 0.1) is 5.92 Å². The zero-order valence-electron chi connectivity index (χ0n) is 24.6. The van der Waals surface area contributed by atoms with E-state index >= 15 is 0 Å². The fourth-order valence-electron chi connectivity index (χ4n) is 4.99. The predicted octanol–water partition coefficient (Wildman–Crippen LogP) is 3.11. The van der Waals surface area contributed by atoms with Crippen molar-refractivity contribution in [3.8, 4) is 0 Å². The van der Waals surface area contributed by atoms with Crippen molar-refractivity contribution in [2.24, 2.45) is 5.92 Å². The Labute approximate surface area is 257 Å². The Balaban J connectivity index is 1.43. The van der Waals surface area contributed by atoms with Gasteiger partial charge in [0.2, 0.25) is 17.7 Å². The van der Waals surface area contributed by atoms with E-state index in [9.17, 15) is 14.4 Å². The van der Waals surface area contributed by atoms with E-state index in [0.717, 1.165) is 47.0 Å². The summed E-state index contributed by atoms with van der Waals surface area (Å²) in [6, 6.07) is 14.2. The first-order valence-electron chi connectivity index (χ1n) is 14.6. The van der Waals surface area contributed by atoms with Gasteiger partial charge in [0.15, 0.2) is 0 Å². The molecule has 0 bridgehead atoms. The fourth-order valence-corrected chi connectivity index (χ4v) is 6.28.